The van der Waals surface area contributed by atoms with Crippen LogP contribution in [-0.2, 0) is 0 Å². The second-order valence-electron chi connectivity index (χ2n) is 5.40. The predicted molar refractivity (Wildman–Crippen MR) is 82.1 cm³/mol. The minimum absolute atomic E-state index is 0.0175. The topological polar surface area (TPSA) is 77.3 Å². The van der Waals surface area contributed by atoms with E-state index in [9.17, 15) is 10.1 Å². The lowest BCUT2D eigenvalue weighted by atomic mass is 9.97. The fourth-order valence-electron chi connectivity index (χ4n) is 2.58. The van der Waals surface area contributed by atoms with E-state index in [0.717, 1.165) is 28.2 Å². The molecular weight excluding hydrogens is 290 g/mol. The zero-order valence-electron chi connectivity index (χ0n) is 12.0. The number of nitro benzene ring substituents is 1. The number of rotatable bonds is 3. The fraction of sp³-hybridized carbons (Fsp3) is 0.500. The molecule has 1 fully saturated rings. The Bertz CT molecular complexity index is 685. The molecule has 0 saturated carbocycles. The van der Waals surface area contributed by atoms with E-state index < -0.39 is 0 Å². The molecule has 1 aliphatic rings. The first-order valence-corrected chi connectivity index (χ1v) is 7.79. The Morgan fingerprint density at radius 1 is 1.52 bits per heavy atom. The van der Waals surface area contributed by atoms with Gasteiger partial charge in [-0.1, -0.05) is 6.92 Å². The molecule has 2 heterocycles. The first-order valence-electron chi connectivity index (χ1n) is 6.97. The number of nitrogens with zero attached hydrogens (tertiary/aromatic N) is 2. The summed E-state index contributed by atoms with van der Waals surface area (Å²) in [5.74, 6) is 0.692. The second kappa shape index (κ2) is 5.57. The van der Waals surface area contributed by atoms with Crippen molar-refractivity contribution < 1.29 is 9.66 Å². The third kappa shape index (κ3) is 2.84. The number of ether oxygens (including phenoxy) is 1. The van der Waals surface area contributed by atoms with Crippen molar-refractivity contribution in [2.24, 2.45) is 5.92 Å². The van der Waals surface area contributed by atoms with Crippen molar-refractivity contribution in [3.05, 3.63) is 27.3 Å². The van der Waals surface area contributed by atoms with E-state index >= 15 is 0 Å². The van der Waals surface area contributed by atoms with Gasteiger partial charge in [0.1, 0.15) is 6.10 Å². The highest BCUT2D eigenvalue weighted by atomic mass is 32.1. The van der Waals surface area contributed by atoms with Gasteiger partial charge in [-0.15, -0.1) is 11.3 Å². The van der Waals surface area contributed by atoms with Crippen LogP contribution in [-0.4, -0.2) is 29.1 Å². The molecule has 1 aromatic heterocycles. The molecule has 2 aromatic rings. The van der Waals surface area contributed by atoms with Crippen molar-refractivity contribution in [3.63, 3.8) is 0 Å². The molecule has 3 rings (SSSR count). The highest BCUT2D eigenvalue weighted by Gasteiger charge is 2.26. The Labute approximate surface area is 126 Å². The van der Waals surface area contributed by atoms with E-state index in [1.54, 1.807) is 12.1 Å². The lowest BCUT2D eigenvalue weighted by molar-refractivity contribution is -0.386. The highest BCUT2D eigenvalue weighted by Crippen LogP contribution is 2.36. The fourth-order valence-corrected chi connectivity index (χ4v) is 3.42. The summed E-state index contributed by atoms with van der Waals surface area (Å²) in [7, 11) is 0. The number of fused-ring (bicyclic) bond motifs is 1. The summed E-state index contributed by atoms with van der Waals surface area (Å²) >= 11 is 1.46. The van der Waals surface area contributed by atoms with Gasteiger partial charge < -0.3 is 10.1 Å². The van der Waals surface area contributed by atoms with Crippen LogP contribution in [0.5, 0.6) is 5.75 Å². The average molecular weight is 307 g/mol. The van der Waals surface area contributed by atoms with Crippen molar-refractivity contribution in [2.45, 2.75) is 26.4 Å². The second-order valence-corrected chi connectivity index (χ2v) is 6.64. The maximum Gasteiger partial charge on any atom is 0.312 e. The van der Waals surface area contributed by atoms with Crippen LogP contribution in [0.1, 0.15) is 18.4 Å². The SMILES string of the molecule is Cc1nc2cc(OC3CNCCC3C)c([N+](=O)[O-])cc2s1. The number of nitrogens with one attached hydrogen (secondary N) is 1. The van der Waals surface area contributed by atoms with E-state index in [2.05, 4.69) is 17.2 Å². The van der Waals surface area contributed by atoms with Crippen LogP contribution in [0, 0.1) is 23.0 Å². The molecule has 0 amide bonds. The molecule has 1 aromatic carbocycles. The standard InChI is InChI=1S/C14H17N3O3S/c1-8-3-4-15-7-13(8)20-12-5-10-14(21-9(2)16-10)6-11(12)17(18)19/h5-6,8,13,15H,3-4,7H2,1-2H3. The summed E-state index contributed by atoms with van der Waals surface area (Å²) in [6.07, 6.45) is 0.964. The molecule has 7 heteroatoms. The molecule has 112 valence electrons. The monoisotopic (exact) mass is 307 g/mol. The Morgan fingerprint density at radius 3 is 3.05 bits per heavy atom. The Hall–Kier alpha value is -1.73. The molecule has 0 aliphatic carbocycles. The number of piperidine rings is 1. The van der Waals surface area contributed by atoms with E-state index in [-0.39, 0.29) is 16.7 Å². The maximum atomic E-state index is 11.3. The van der Waals surface area contributed by atoms with E-state index in [1.165, 1.54) is 11.3 Å². The summed E-state index contributed by atoms with van der Waals surface area (Å²) in [4.78, 5) is 15.3. The molecule has 0 spiro atoms. The summed E-state index contributed by atoms with van der Waals surface area (Å²) in [5, 5.41) is 15.4. The minimum Gasteiger partial charge on any atom is -0.482 e. The van der Waals surface area contributed by atoms with Crippen LogP contribution in [0.15, 0.2) is 12.1 Å². The van der Waals surface area contributed by atoms with Crippen molar-refractivity contribution in [3.8, 4) is 5.75 Å². The van der Waals surface area contributed by atoms with E-state index in [4.69, 9.17) is 4.74 Å². The van der Waals surface area contributed by atoms with Gasteiger partial charge in [0.25, 0.3) is 0 Å². The smallest absolute Gasteiger partial charge is 0.312 e. The molecule has 1 N–H and O–H groups in total. The van der Waals surface area contributed by atoms with Crippen LogP contribution in [0.4, 0.5) is 5.69 Å². The summed E-state index contributed by atoms with van der Waals surface area (Å²) < 4.78 is 6.76. The molecule has 0 radical (unpaired) electrons. The molecule has 2 atom stereocenters. The van der Waals surface area contributed by atoms with Crippen LogP contribution in [0.25, 0.3) is 10.2 Å². The molecule has 2 unspecified atom stereocenters. The maximum absolute atomic E-state index is 11.3. The number of thiazole rings is 1. The summed E-state index contributed by atoms with van der Waals surface area (Å²) in [6.45, 7) is 5.69. The number of aryl methyl sites for hydroxylation is 1. The van der Waals surface area contributed by atoms with Gasteiger partial charge in [-0.3, -0.25) is 10.1 Å². The number of aromatic nitrogens is 1. The van der Waals surface area contributed by atoms with Gasteiger partial charge in [0.2, 0.25) is 0 Å². The number of hydrogen-bond donors (Lipinski definition) is 1. The number of benzene rings is 1. The average Bonchev–Trinajstić information content (AvgIpc) is 2.79. The lowest BCUT2D eigenvalue weighted by Gasteiger charge is -2.29. The molecule has 0 bridgehead atoms. The molecule has 1 saturated heterocycles. The van der Waals surface area contributed by atoms with Gasteiger partial charge in [-0.25, -0.2) is 4.98 Å². The van der Waals surface area contributed by atoms with Crippen LogP contribution >= 0.6 is 11.3 Å². The summed E-state index contributed by atoms with van der Waals surface area (Å²) in [5.41, 5.74) is 0.776. The van der Waals surface area contributed by atoms with Gasteiger partial charge in [0.05, 0.1) is 20.1 Å². The molecular formula is C14H17N3O3S. The largest absolute Gasteiger partial charge is 0.482 e. The third-order valence-electron chi connectivity index (χ3n) is 3.81. The Morgan fingerprint density at radius 2 is 2.33 bits per heavy atom. The summed E-state index contributed by atoms with van der Waals surface area (Å²) in [6, 6.07) is 3.26. The lowest BCUT2D eigenvalue weighted by Crippen LogP contribution is -2.42. The van der Waals surface area contributed by atoms with Gasteiger partial charge in [0.15, 0.2) is 5.75 Å². The van der Waals surface area contributed by atoms with Crippen molar-refractivity contribution in [2.75, 3.05) is 13.1 Å². The van der Waals surface area contributed by atoms with E-state index in [0.29, 0.717) is 18.2 Å². The predicted octanol–water partition coefficient (Wildman–Crippen LogP) is 2.89. The van der Waals surface area contributed by atoms with Gasteiger partial charge in [-0.2, -0.15) is 0 Å². The van der Waals surface area contributed by atoms with E-state index in [1.807, 2.05) is 6.92 Å². The molecule has 21 heavy (non-hydrogen) atoms. The zero-order chi connectivity index (χ0) is 15.0. The van der Waals surface area contributed by atoms with Gasteiger partial charge >= 0.3 is 5.69 Å². The number of hydrogen-bond acceptors (Lipinski definition) is 6. The van der Waals surface area contributed by atoms with Gasteiger partial charge in [0, 0.05) is 18.7 Å². The molecule has 6 nitrogen and oxygen atoms in total. The number of nitro groups is 1. The van der Waals surface area contributed by atoms with Crippen molar-refractivity contribution in [1.82, 2.24) is 10.3 Å². The van der Waals surface area contributed by atoms with Crippen molar-refractivity contribution >= 4 is 27.2 Å². The highest BCUT2D eigenvalue weighted by molar-refractivity contribution is 7.18. The zero-order valence-corrected chi connectivity index (χ0v) is 12.8. The molecule has 1 aliphatic heterocycles. The van der Waals surface area contributed by atoms with Crippen molar-refractivity contribution in [1.29, 1.82) is 0 Å². The van der Waals surface area contributed by atoms with Gasteiger partial charge in [-0.05, 0) is 25.8 Å². The quantitative estimate of drug-likeness (QED) is 0.697. The normalized spacial score (nSPS) is 22.4. The minimum atomic E-state index is -0.384. The first-order chi connectivity index (χ1) is 10.0. The van der Waals surface area contributed by atoms with Crippen LogP contribution in [0.2, 0.25) is 0 Å². The Kier molecular flexibility index (Phi) is 3.77. The van der Waals surface area contributed by atoms with Crippen LogP contribution in [0.3, 0.4) is 0 Å². The Balaban J connectivity index is 1.98. The first kappa shape index (κ1) is 14.2. The third-order valence-corrected chi connectivity index (χ3v) is 4.74. The van der Waals surface area contributed by atoms with Crippen LogP contribution < -0.4 is 10.1 Å².